The number of aromatic nitrogens is 4. The number of hydrogen-bond donors (Lipinski definition) is 1. The molecule has 1 fully saturated rings. The number of aryl methyl sites for hydroxylation is 1. The first-order valence-electron chi connectivity index (χ1n) is 9.75. The van der Waals surface area contributed by atoms with Gasteiger partial charge in [-0.3, -0.25) is 9.48 Å². The van der Waals surface area contributed by atoms with Crippen molar-refractivity contribution in [1.29, 1.82) is 0 Å². The van der Waals surface area contributed by atoms with Crippen LogP contribution in [0, 0.1) is 12.8 Å². The van der Waals surface area contributed by atoms with Crippen LogP contribution in [-0.2, 0) is 28.7 Å². The van der Waals surface area contributed by atoms with E-state index < -0.39 is 11.9 Å². The molecule has 1 saturated heterocycles. The van der Waals surface area contributed by atoms with Crippen LogP contribution in [0.3, 0.4) is 0 Å². The second-order valence-electron chi connectivity index (χ2n) is 7.88. The van der Waals surface area contributed by atoms with E-state index in [9.17, 15) is 18.0 Å². The van der Waals surface area contributed by atoms with Gasteiger partial charge in [-0.15, -0.1) is 0 Å². The van der Waals surface area contributed by atoms with Gasteiger partial charge in [0.05, 0.1) is 24.9 Å². The number of hydrogen-bond acceptors (Lipinski definition) is 6. The van der Waals surface area contributed by atoms with Gasteiger partial charge in [-0.05, 0) is 32.3 Å². The summed E-state index contributed by atoms with van der Waals surface area (Å²) in [6.07, 6.45) is -2.06. The van der Waals surface area contributed by atoms with Crippen molar-refractivity contribution in [2.75, 3.05) is 23.9 Å². The Balaban J connectivity index is 1.41. The molecular formula is C19H23F3N6O2. The average Bonchev–Trinajstić information content (AvgIpc) is 3.31. The van der Waals surface area contributed by atoms with Crippen LogP contribution in [0.2, 0.25) is 0 Å². The molecule has 4 heterocycles. The number of rotatable bonds is 4. The molecule has 2 aromatic rings. The summed E-state index contributed by atoms with van der Waals surface area (Å²) in [6.45, 7) is 4.39. The number of alkyl halides is 3. The smallest absolute Gasteiger partial charge is 0.376 e. The van der Waals surface area contributed by atoms with Gasteiger partial charge in [0.1, 0.15) is 17.6 Å². The molecule has 0 spiro atoms. The second kappa shape index (κ2) is 7.53. The number of nitrogens with one attached hydrogen (secondary N) is 1. The zero-order chi connectivity index (χ0) is 21.6. The number of ether oxygens (including phenoxy) is 1. The van der Waals surface area contributed by atoms with Crippen LogP contribution in [0.5, 0.6) is 0 Å². The summed E-state index contributed by atoms with van der Waals surface area (Å²) in [7, 11) is 1.83. The molecule has 4 rings (SSSR count). The summed E-state index contributed by atoms with van der Waals surface area (Å²) >= 11 is 0. The highest BCUT2D eigenvalue weighted by Gasteiger charge is 2.35. The molecule has 3 atom stereocenters. The van der Waals surface area contributed by atoms with Crippen LogP contribution in [0.25, 0.3) is 0 Å². The molecule has 0 saturated carbocycles. The van der Waals surface area contributed by atoms with Gasteiger partial charge in [-0.25, -0.2) is 9.97 Å². The molecule has 8 nitrogen and oxygen atoms in total. The summed E-state index contributed by atoms with van der Waals surface area (Å²) in [5.41, 5.74) is 0.429. The minimum absolute atomic E-state index is 0.0937. The minimum atomic E-state index is -4.45. The highest BCUT2D eigenvalue weighted by Crippen LogP contribution is 2.32. The molecule has 0 aromatic carbocycles. The number of carbonyl (C=O) groups excluding carboxylic acids is 1. The number of anilines is 2. The third kappa shape index (κ3) is 3.98. The lowest BCUT2D eigenvalue weighted by Crippen LogP contribution is -2.45. The van der Waals surface area contributed by atoms with Crippen molar-refractivity contribution >= 4 is 17.4 Å². The maximum absolute atomic E-state index is 12.7. The third-order valence-corrected chi connectivity index (χ3v) is 5.62. The number of nitrogens with zero attached hydrogens (tertiary/aromatic N) is 5. The van der Waals surface area contributed by atoms with Crippen LogP contribution in [0.1, 0.15) is 30.6 Å². The molecule has 0 aliphatic carbocycles. The van der Waals surface area contributed by atoms with E-state index in [1.807, 2.05) is 25.8 Å². The Kier molecular flexibility index (Phi) is 5.16. The highest BCUT2D eigenvalue weighted by atomic mass is 19.4. The van der Waals surface area contributed by atoms with E-state index in [0.29, 0.717) is 42.5 Å². The largest absolute Gasteiger partial charge is 0.435 e. The van der Waals surface area contributed by atoms with E-state index in [0.717, 1.165) is 6.07 Å². The first-order valence-corrected chi connectivity index (χ1v) is 9.75. The van der Waals surface area contributed by atoms with Gasteiger partial charge >= 0.3 is 6.18 Å². The molecule has 0 bridgehead atoms. The van der Waals surface area contributed by atoms with Crippen molar-refractivity contribution in [2.45, 2.75) is 51.6 Å². The molecular weight excluding hydrogens is 401 g/mol. The van der Waals surface area contributed by atoms with Crippen molar-refractivity contribution in [1.82, 2.24) is 19.7 Å². The Morgan fingerprint density at radius 3 is 2.80 bits per heavy atom. The van der Waals surface area contributed by atoms with Gasteiger partial charge in [-0.2, -0.15) is 18.3 Å². The van der Waals surface area contributed by atoms with E-state index in [1.165, 1.54) is 10.9 Å². The monoisotopic (exact) mass is 424 g/mol. The summed E-state index contributed by atoms with van der Waals surface area (Å²) in [5.74, 6) is 1.42. The highest BCUT2D eigenvalue weighted by molar-refractivity contribution is 6.02. The van der Waals surface area contributed by atoms with Crippen LogP contribution >= 0.6 is 0 Å². The molecule has 0 unspecified atom stereocenters. The zero-order valence-corrected chi connectivity index (χ0v) is 16.9. The van der Waals surface area contributed by atoms with Crippen LogP contribution in [-0.4, -0.2) is 51.5 Å². The maximum atomic E-state index is 12.7. The average molecular weight is 424 g/mol. The fourth-order valence-corrected chi connectivity index (χ4v) is 3.83. The first kappa shape index (κ1) is 20.6. The van der Waals surface area contributed by atoms with Crippen LogP contribution < -0.4 is 10.2 Å². The van der Waals surface area contributed by atoms with Gasteiger partial charge in [0.15, 0.2) is 11.5 Å². The number of carbonyl (C=O) groups is 1. The fourth-order valence-electron chi connectivity index (χ4n) is 3.83. The quantitative estimate of drug-likeness (QED) is 0.812. The fraction of sp³-hybridized carbons (Fsp3) is 0.579. The van der Waals surface area contributed by atoms with Gasteiger partial charge in [0, 0.05) is 19.7 Å². The molecule has 2 aromatic heterocycles. The number of fused-ring (bicyclic) bond motifs is 1. The van der Waals surface area contributed by atoms with Crippen molar-refractivity contribution in [3.63, 3.8) is 0 Å². The summed E-state index contributed by atoms with van der Waals surface area (Å²) in [5, 5.41) is 6.44. The lowest BCUT2D eigenvalue weighted by molar-refractivity contribution is -0.141. The zero-order valence-electron chi connectivity index (χ0n) is 16.9. The van der Waals surface area contributed by atoms with Gasteiger partial charge < -0.3 is 15.0 Å². The number of halogens is 3. The topological polar surface area (TPSA) is 85.2 Å². The first-order chi connectivity index (χ1) is 14.1. The number of likely N-dealkylation sites (N-methyl/N-ethyl adjacent to an activating group) is 1. The lowest BCUT2D eigenvalue weighted by Gasteiger charge is -2.32. The molecule has 2 aliphatic rings. The van der Waals surface area contributed by atoms with Crippen molar-refractivity contribution in [2.24, 2.45) is 5.92 Å². The summed E-state index contributed by atoms with van der Waals surface area (Å²) in [4.78, 5) is 23.0. The molecule has 1 N–H and O–H groups in total. The Bertz CT molecular complexity index is 960. The van der Waals surface area contributed by atoms with E-state index in [-0.39, 0.29) is 30.5 Å². The predicted molar refractivity (Wildman–Crippen MR) is 102 cm³/mol. The third-order valence-electron chi connectivity index (χ3n) is 5.62. The van der Waals surface area contributed by atoms with E-state index in [1.54, 1.807) is 0 Å². The molecule has 30 heavy (non-hydrogen) atoms. The molecule has 11 heteroatoms. The Morgan fingerprint density at radius 1 is 1.33 bits per heavy atom. The second-order valence-corrected chi connectivity index (χ2v) is 7.88. The molecule has 0 radical (unpaired) electrons. The van der Waals surface area contributed by atoms with Crippen molar-refractivity contribution in [3.8, 4) is 0 Å². The Morgan fingerprint density at radius 2 is 2.10 bits per heavy atom. The number of amides is 1. The molecule has 1 amide bonds. The van der Waals surface area contributed by atoms with Crippen molar-refractivity contribution in [3.05, 3.63) is 29.5 Å². The Hall–Kier alpha value is -2.69. The SMILES string of the molecule is Cc1nc(C[C@H]2CO[C@H](Cn3ccc(C(F)(F)F)n3)C2)nc2c1NC(=O)[C@H](C)N2C. The van der Waals surface area contributed by atoms with Gasteiger partial charge in [-0.1, -0.05) is 0 Å². The normalized spacial score (nSPS) is 24.1. The summed E-state index contributed by atoms with van der Waals surface area (Å²) in [6, 6.07) is 0.640. The summed E-state index contributed by atoms with van der Waals surface area (Å²) < 4.78 is 45.1. The van der Waals surface area contributed by atoms with Crippen LogP contribution in [0.4, 0.5) is 24.7 Å². The Labute approximate surface area is 171 Å². The van der Waals surface area contributed by atoms with E-state index >= 15 is 0 Å². The van der Waals surface area contributed by atoms with E-state index in [2.05, 4.69) is 20.4 Å². The maximum Gasteiger partial charge on any atom is 0.435 e. The standard InChI is InChI=1S/C19H23F3N6O2/c1-10-16-17(27(3)11(2)18(29)25-16)24-15(23-10)7-12-6-13(30-9-12)8-28-5-4-14(26-28)19(20,21)22/h4-5,11-13H,6-9H2,1-3H3,(H,25,29)/t11-,12-,13-/m0/s1. The lowest BCUT2D eigenvalue weighted by atomic mass is 10.0. The molecule has 162 valence electrons. The minimum Gasteiger partial charge on any atom is -0.376 e. The predicted octanol–water partition coefficient (Wildman–Crippen LogP) is 2.42. The molecule has 2 aliphatic heterocycles. The van der Waals surface area contributed by atoms with Gasteiger partial charge in [0.2, 0.25) is 5.91 Å². The van der Waals surface area contributed by atoms with Crippen molar-refractivity contribution < 1.29 is 22.7 Å². The van der Waals surface area contributed by atoms with Gasteiger partial charge in [0.25, 0.3) is 0 Å². The van der Waals surface area contributed by atoms with E-state index in [4.69, 9.17) is 4.74 Å². The van der Waals surface area contributed by atoms with Crippen LogP contribution in [0.15, 0.2) is 12.3 Å².